The quantitative estimate of drug-likeness (QED) is 0.460. The molecule has 25 heavy (non-hydrogen) atoms. The molecular weight excluding hydrogens is 320 g/mol. The lowest BCUT2D eigenvalue weighted by atomic mass is 9.78. The smallest absolute Gasteiger partial charge is 0.309 e. The Labute approximate surface area is 151 Å². The number of aliphatic hydroxyl groups is 3. The molecule has 2 rings (SSSR count). The van der Waals surface area contributed by atoms with E-state index in [2.05, 4.69) is 6.08 Å². The summed E-state index contributed by atoms with van der Waals surface area (Å²) in [6, 6.07) is 0. The van der Waals surface area contributed by atoms with E-state index in [0.717, 1.165) is 12.0 Å². The topological polar surface area (TPSA) is 87.0 Å². The van der Waals surface area contributed by atoms with Crippen LogP contribution < -0.4 is 0 Å². The van der Waals surface area contributed by atoms with Gasteiger partial charge in [-0.15, -0.1) is 0 Å². The number of esters is 1. The minimum Gasteiger partial charge on any atom is -0.456 e. The standard InChI is InChI=1S/C20H34O5/c1-13-6-5-10-19(3,24)17(22)12-15-9-11-20(4,16(21)8-7-13)25-18(23)14(15)2/h6,14-17,21-22,24H,5,7-12H2,1-4H3. The lowest BCUT2D eigenvalue weighted by Crippen LogP contribution is -2.43. The molecule has 0 amide bonds. The maximum absolute atomic E-state index is 12.5. The molecule has 5 heteroatoms. The van der Waals surface area contributed by atoms with Gasteiger partial charge in [0.15, 0.2) is 0 Å². The van der Waals surface area contributed by atoms with Crippen LogP contribution in [0.25, 0.3) is 0 Å². The molecular formula is C20H34O5. The number of carbonyl (C=O) groups is 1. The Kier molecular flexibility index (Phi) is 6.34. The number of hydrogen-bond donors (Lipinski definition) is 3. The molecule has 1 aliphatic carbocycles. The van der Waals surface area contributed by atoms with Gasteiger partial charge in [0.25, 0.3) is 0 Å². The lowest BCUT2D eigenvalue weighted by Gasteiger charge is -2.34. The average molecular weight is 354 g/mol. The zero-order valence-electron chi connectivity index (χ0n) is 16.0. The molecule has 0 aromatic heterocycles. The highest BCUT2D eigenvalue weighted by atomic mass is 16.6. The number of ether oxygens (including phenoxy) is 1. The first-order valence-electron chi connectivity index (χ1n) is 9.52. The Bertz CT molecular complexity index is 512. The van der Waals surface area contributed by atoms with Gasteiger partial charge in [-0.25, -0.2) is 0 Å². The van der Waals surface area contributed by atoms with Crippen molar-refractivity contribution in [2.45, 2.75) is 96.1 Å². The van der Waals surface area contributed by atoms with Gasteiger partial charge in [0, 0.05) is 0 Å². The van der Waals surface area contributed by atoms with E-state index in [0.29, 0.717) is 38.5 Å². The van der Waals surface area contributed by atoms with E-state index in [-0.39, 0.29) is 17.8 Å². The van der Waals surface area contributed by atoms with Crippen LogP contribution in [0.2, 0.25) is 0 Å². The summed E-state index contributed by atoms with van der Waals surface area (Å²) in [7, 11) is 0. The molecule has 1 aliphatic heterocycles. The van der Waals surface area contributed by atoms with Crippen molar-refractivity contribution < 1.29 is 24.9 Å². The lowest BCUT2D eigenvalue weighted by molar-refractivity contribution is -0.174. The van der Waals surface area contributed by atoms with Crippen molar-refractivity contribution in [2.75, 3.05) is 0 Å². The van der Waals surface area contributed by atoms with Gasteiger partial charge >= 0.3 is 5.97 Å². The van der Waals surface area contributed by atoms with E-state index in [9.17, 15) is 20.1 Å². The Balaban J connectivity index is 2.31. The molecule has 6 atom stereocenters. The third-order valence-electron chi connectivity index (χ3n) is 6.33. The molecule has 5 nitrogen and oxygen atoms in total. The van der Waals surface area contributed by atoms with Crippen LogP contribution in [0.5, 0.6) is 0 Å². The van der Waals surface area contributed by atoms with Crippen molar-refractivity contribution in [2.24, 2.45) is 11.8 Å². The normalized spacial score (nSPS) is 44.4. The third kappa shape index (κ3) is 4.83. The molecule has 144 valence electrons. The molecule has 1 fully saturated rings. The summed E-state index contributed by atoms with van der Waals surface area (Å²) in [5.74, 6) is -0.745. The zero-order valence-corrected chi connectivity index (χ0v) is 16.0. The molecule has 3 N–H and O–H groups in total. The first-order valence-corrected chi connectivity index (χ1v) is 9.52. The first-order chi connectivity index (χ1) is 11.5. The molecule has 2 aliphatic rings. The molecule has 0 radical (unpaired) electrons. The molecule has 0 aromatic rings. The van der Waals surface area contributed by atoms with Gasteiger partial charge in [-0.05, 0) is 71.6 Å². The van der Waals surface area contributed by atoms with Gasteiger partial charge in [0.05, 0.1) is 23.7 Å². The van der Waals surface area contributed by atoms with Crippen LogP contribution in [0.15, 0.2) is 11.6 Å². The summed E-state index contributed by atoms with van der Waals surface area (Å²) in [5, 5.41) is 31.9. The Hall–Kier alpha value is -0.910. The number of fused-ring (bicyclic) bond motifs is 3. The Morgan fingerprint density at radius 1 is 1.16 bits per heavy atom. The van der Waals surface area contributed by atoms with Gasteiger partial charge < -0.3 is 20.1 Å². The maximum atomic E-state index is 12.5. The summed E-state index contributed by atoms with van der Waals surface area (Å²) in [6.45, 7) is 7.29. The van der Waals surface area contributed by atoms with E-state index in [1.54, 1.807) is 6.92 Å². The van der Waals surface area contributed by atoms with E-state index in [1.807, 2.05) is 20.8 Å². The van der Waals surface area contributed by atoms with Crippen molar-refractivity contribution in [3.8, 4) is 0 Å². The summed E-state index contributed by atoms with van der Waals surface area (Å²) >= 11 is 0. The minimum atomic E-state index is -1.18. The predicted octanol–water partition coefficient (Wildman–Crippen LogP) is 2.72. The molecule has 0 aromatic carbocycles. The second kappa shape index (κ2) is 7.77. The van der Waals surface area contributed by atoms with Crippen LogP contribution in [0.1, 0.15) is 72.6 Å². The fourth-order valence-corrected chi connectivity index (χ4v) is 3.93. The van der Waals surface area contributed by atoms with Crippen molar-refractivity contribution in [1.82, 2.24) is 0 Å². The number of aliphatic hydroxyl groups excluding tert-OH is 2. The molecule has 1 saturated heterocycles. The average Bonchev–Trinajstić information content (AvgIpc) is 2.64. The predicted molar refractivity (Wildman–Crippen MR) is 95.9 cm³/mol. The molecule has 2 bridgehead atoms. The Morgan fingerprint density at radius 3 is 2.52 bits per heavy atom. The summed E-state index contributed by atoms with van der Waals surface area (Å²) < 4.78 is 5.70. The van der Waals surface area contributed by atoms with E-state index < -0.39 is 23.4 Å². The summed E-state index contributed by atoms with van der Waals surface area (Å²) in [6.07, 6.45) is 4.48. The van der Waals surface area contributed by atoms with Crippen molar-refractivity contribution in [3.63, 3.8) is 0 Å². The molecule has 0 saturated carbocycles. The summed E-state index contributed by atoms with van der Waals surface area (Å²) in [4.78, 5) is 12.5. The van der Waals surface area contributed by atoms with Crippen molar-refractivity contribution in [3.05, 3.63) is 11.6 Å². The van der Waals surface area contributed by atoms with Gasteiger partial charge in [0.2, 0.25) is 0 Å². The highest BCUT2D eigenvalue weighted by molar-refractivity contribution is 5.73. The fourth-order valence-electron chi connectivity index (χ4n) is 3.93. The van der Waals surface area contributed by atoms with Crippen molar-refractivity contribution in [1.29, 1.82) is 0 Å². The van der Waals surface area contributed by atoms with Crippen LogP contribution in [0, 0.1) is 11.8 Å². The molecule has 0 spiro atoms. The van der Waals surface area contributed by atoms with E-state index in [1.165, 1.54) is 0 Å². The number of allylic oxidation sites excluding steroid dienone is 2. The van der Waals surface area contributed by atoms with E-state index >= 15 is 0 Å². The number of hydrogen-bond acceptors (Lipinski definition) is 5. The zero-order chi connectivity index (χ0) is 18.8. The summed E-state index contributed by atoms with van der Waals surface area (Å²) in [5.41, 5.74) is -0.936. The monoisotopic (exact) mass is 354 g/mol. The van der Waals surface area contributed by atoms with Gasteiger partial charge in [-0.1, -0.05) is 18.6 Å². The van der Waals surface area contributed by atoms with Crippen molar-refractivity contribution >= 4 is 5.97 Å². The van der Waals surface area contributed by atoms with Crippen LogP contribution in [0.3, 0.4) is 0 Å². The highest BCUT2D eigenvalue weighted by Gasteiger charge is 2.44. The minimum absolute atomic E-state index is 0.0665. The second-order valence-electron chi connectivity index (χ2n) is 8.57. The Morgan fingerprint density at radius 2 is 1.84 bits per heavy atom. The SMILES string of the molecule is CC1=CCCC(C)(O)C(O)CC2CCC(C)(OC(=O)C2C)C(O)CC1. The third-order valence-corrected chi connectivity index (χ3v) is 6.33. The fraction of sp³-hybridized carbons (Fsp3) is 0.850. The van der Waals surface area contributed by atoms with Crippen LogP contribution in [-0.4, -0.2) is 44.7 Å². The van der Waals surface area contributed by atoms with Gasteiger partial charge in [-0.3, -0.25) is 4.79 Å². The molecule has 1 heterocycles. The number of carbonyl (C=O) groups excluding carboxylic acids is 1. The highest BCUT2D eigenvalue weighted by Crippen LogP contribution is 2.38. The van der Waals surface area contributed by atoms with Crippen LogP contribution in [0.4, 0.5) is 0 Å². The van der Waals surface area contributed by atoms with Gasteiger partial charge in [0.1, 0.15) is 5.60 Å². The first kappa shape index (κ1) is 20.4. The van der Waals surface area contributed by atoms with Crippen LogP contribution >= 0.6 is 0 Å². The number of rotatable bonds is 0. The van der Waals surface area contributed by atoms with Crippen LogP contribution in [-0.2, 0) is 9.53 Å². The molecule has 6 unspecified atom stereocenters. The van der Waals surface area contributed by atoms with Gasteiger partial charge in [-0.2, -0.15) is 0 Å². The van der Waals surface area contributed by atoms with E-state index in [4.69, 9.17) is 4.74 Å². The maximum Gasteiger partial charge on any atom is 0.309 e. The second-order valence-corrected chi connectivity index (χ2v) is 8.57. The largest absolute Gasteiger partial charge is 0.456 e.